The number of aromatic nitrogens is 4. The van der Waals surface area contributed by atoms with Crippen molar-refractivity contribution in [3.05, 3.63) is 66.1 Å². The van der Waals surface area contributed by atoms with Gasteiger partial charge in [-0.05, 0) is 37.3 Å². The van der Waals surface area contributed by atoms with Crippen LogP contribution in [0.5, 0.6) is 5.75 Å². The smallest absolute Gasteiger partial charge is 0.259 e. The summed E-state index contributed by atoms with van der Waals surface area (Å²) in [6.07, 6.45) is 3.30. The van der Waals surface area contributed by atoms with E-state index >= 15 is 0 Å². The number of benzene rings is 2. The molecule has 1 amide bonds. The molecule has 0 saturated carbocycles. The van der Waals surface area contributed by atoms with E-state index in [0.29, 0.717) is 17.0 Å². The predicted molar refractivity (Wildman–Crippen MR) is 98.9 cm³/mol. The zero-order valence-electron chi connectivity index (χ0n) is 14.4. The van der Waals surface area contributed by atoms with Crippen molar-refractivity contribution in [2.75, 3.05) is 12.4 Å². The maximum Gasteiger partial charge on any atom is 0.259 e. The fraction of sp³-hybridized carbons (Fsp3) is 0.105. The molecule has 7 heteroatoms. The zero-order valence-corrected chi connectivity index (χ0v) is 14.4. The Morgan fingerprint density at radius 1 is 1.19 bits per heavy atom. The number of anilines is 1. The number of fused-ring (bicyclic) bond motifs is 1. The first-order valence-corrected chi connectivity index (χ1v) is 8.10. The van der Waals surface area contributed by atoms with Gasteiger partial charge in [0.2, 0.25) is 0 Å². The van der Waals surface area contributed by atoms with E-state index in [0.717, 1.165) is 22.3 Å². The topological polar surface area (TPSA) is 84.8 Å². The molecule has 0 saturated heterocycles. The number of hydrogen-bond acceptors (Lipinski definition) is 4. The second-order valence-electron chi connectivity index (χ2n) is 5.85. The fourth-order valence-electron chi connectivity index (χ4n) is 2.89. The molecule has 7 nitrogen and oxygen atoms in total. The van der Waals surface area contributed by atoms with Crippen molar-refractivity contribution in [1.29, 1.82) is 0 Å². The van der Waals surface area contributed by atoms with E-state index in [2.05, 4.69) is 20.6 Å². The maximum absolute atomic E-state index is 12.7. The van der Waals surface area contributed by atoms with Crippen LogP contribution in [0.2, 0.25) is 0 Å². The lowest BCUT2D eigenvalue weighted by atomic mass is 10.2. The number of H-pyrrole nitrogens is 1. The molecule has 0 radical (unpaired) electrons. The number of para-hydroxylation sites is 2. The van der Waals surface area contributed by atoms with E-state index < -0.39 is 0 Å². The first-order chi connectivity index (χ1) is 12.7. The molecule has 26 heavy (non-hydrogen) atoms. The summed E-state index contributed by atoms with van der Waals surface area (Å²) in [5.41, 5.74) is 3.57. The highest BCUT2D eigenvalue weighted by Gasteiger charge is 2.17. The van der Waals surface area contributed by atoms with Crippen LogP contribution in [0.15, 0.2) is 54.9 Å². The molecular weight excluding hydrogens is 330 g/mol. The van der Waals surface area contributed by atoms with Gasteiger partial charge >= 0.3 is 0 Å². The molecule has 0 fully saturated rings. The van der Waals surface area contributed by atoms with Gasteiger partial charge in [-0.2, -0.15) is 10.2 Å². The normalized spacial score (nSPS) is 10.8. The minimum Gasteiger partial charge on any atom is -0.494 e. The molecule has 2 aromatic heterocycles. The number of ether oxygens (including phenoxy) is 1. The number of hydrogen-bond donors (Lipinski definition) is 2. The molecule has 0 aliphatic carbocycles. The molecule has 4 aromatic rings. The number of aromatic amines is 1. The van der Waals surface area contributed by atoms with E-state index in [4.69, 9.17) is 4.74 Å². The van der Waals surface area contributed by atoms with Gasteiger partial charge in [0.1, 0.15) is 11.4 Å². The molecule has 0 bridgehead atoms. The second-order valence-corrected chi connectivity index (χ2v) is 5.85. The Bertz CT molecular complexity index is 1100. The summed E-state index contributed by atoms with van der Waals surface area (Å²) >= 11 is 0. The summed E-state index contributed by atoms with van der Waals surface area (Å²) in [6.45, 7) is 1.85. The van der Waals surface area contributed by atoms with Crippen LogP contribution in [0.4, 0.5) is 5.69 Å². The highest BCUT2D eigenvalue weighted by Crippen LogP contribution is 2.24. The average molecular weight is 347 g/mol. The second kappa shape index (κ2) is 6.36. The standard InChI is InChI=1S/C19H17N5O2/c1-12-15(11-21-24(12)17-5-3-4-6-18(17)26-2)19(25)22-14-8-7-13-10-20-23-16(13)9-14/h3-11H,1-2H3,(H,20,23)(H,22,25). The number of methoxy groups -OCH3 is 1. The predicted octanol–water partition coefficient (Wildman–Crippen LogP) is 3.32. The van der Waals surface area contributed by atoms with Crippen molar-refractivity contribution in [2.24, 2.45) is 0 Å². The summed E-state index contributed by atoms with van der Waals surface area (Å²) < 4.78 is 7.08. The molecule has 2 heterocycles. The lowest BCUT2D eigenvalue weighted by molar-refractivity contribution is 0.102. The molecule has 130 valence electrons. The Hall–Kier alpha value is -3.61. The minimum atomic E-state index is -0.220. The van der Waals surface area contributed by atoms with Gasteiger partial charge in [-0.3, -0.25) is 9.89 Å². The third-order valence-electron chi connectivity index (χ3n) is 4.27. The molecule has 0 atom stereocenters. The lowest BCUT2D eigenvalue weighted by Gasteiger charge is -2.10. The van der Waals surface area contributed by atoms with Crippen molar-refractivity contribution < 1.29 is 9.53 Å². The van der Waals surface area contributed by atoms with E-state index in [1.54, 1.807) is 24.2 Å². The van der Waals surface area contributed by atoms with Gasteiger partial charge in [0.25, 0.3) is 5.91 Å². The number of nitrogens with zero attached hydrogens (tertiary/aromatic N) is 3. The number of nitrogens with one attached hydrogen (secondary N) is 2. The first kappa shape index (κ1) is 15.9. The summed E-state index contributed by atoms with van der Waals surface area (Å²) in [5, 5.41) is 15.1. The molecule has 2 aromatic carbocycles. The Morgan fingerprint density at radius 2 is 2.04 bits per heavy atom. The van der Waals surface area contributed by atoms with Crippen LogP contribution in [-0.4, -0.2) is 33.0 Å². The van der Waals surface area contributed by atoms with Crippen LogP contribution in [0.25, 0.3) is 16.6 Å². The van der Waals surface area contributed by atoms with Gasteiger partial charge in [-0.1, -0.05) is 12.1 Å². The van der Waals surface area contributed by atoms with Gasteiger partial charge in [0.15, 0.2) is 0 Å². The minimum absolute atomic E-state index is 0.220. The average Bonchev–Trinajstić information content (AvgIpc) is 3.27. The van der Waals surface area contributed by atoms with Crippen molar-refractivity contribution in [2.45, 2.75) is 6.92 Å². The van der Waals surface area contributed by atoms with Crippen LogP contribution in [0, 0.1) is 6.92 Å². The summed E-state index contributed by atoms with van der Waals surface area (Å²) in [7, 11) is 1.61. The zero-order chi connectivity index (χ0) is 18.1. The molecular formula is C19H17N5O2. The number of carbonyl (C=O) groups excluding carboxylic acids is 1. The Kier molecular flexibility index (Phi) is 3.89. The number of amides is 1. The monoisotopic (exact) mass is 347 g/mol. The number of carbonyl (C=O) groups is 1. The molecule has 0 aliphatic rings. The van der Waals surface area contributed by atoms with E-state index in [1.807, 2.05) is 49.4 Å². The van der Waals surface area contributed by atoms with Crippen molar-refractivity contribution in [3.63, 3.8) is 0 Å². The van der Waals surface area contributed by atoms with Crippen molar-refractivity contribution in [3.8, 4) is 11.4 Å². The molecule has 4 rings (SSSR count). The van der Waals surface area contributed by atoms with Gasteiger partial charge in [-0.15, -0.1) is 0 Å². The van der Waals surface area contributed by atoms with Gasteiger partial charge in [-0.25, -0.2) is 4.68 Å². The van der Waals surface area contributed by atoms with E-state index in [1.165, 1.54) is 0 Å². The lowest BCUT2D eigenvalue weighted by Crippen LogP contribution is -2.13. The Labute approximate surface area is 149 Å². The molecule has 0 spiro atoms. The van der Waals surface area contributed by atoms with Gasteiger partial charge in [0.05, 0.1) is 36.3 Å². The van der Waals surface area contributed by atoms with Gasteiger partial charge in [0, 0.05) is 11.1 Å². The molecule has 0 unspecified atom stereocenters. The van der Waals surface area contributed by atoms with Crippen LogP contribution < -0.4 is 10.1 Å². The SMILES string of the molecule is COc1ccccc1-n1ncc(C(=O)Nc2ccc3cn[nH]c3c2)c1C. The maximum atomic E-state index is 12.7. The van der Waals surface area contributed by atoms with Crippen LogP contribution in [-0.2, 0) is 0 Å². The highest BCUT2D eigenvalue weighted by atomic mass is 16.5. The van der Waals surface area contributed by atoms with Crippen LogP contribution in [0.3, 0.4) is 0 Å². The Balaban J connectivity index is 1.63. The van der Waals surface area contributed by atoms with E-state index in [-0.39, 0.29) is 5.91 Å². The van der Waals surface area contributed by atoms with Gasteiger partial charge < -0.3 is 10.1 Å². The van der Waals surface area contributed by atoms with Crippen LogP contribution in [0.1, 0.15) is 16.1 Å². The molecule has 0 aliphatic heterocycles. The largest absolute Gasteiger partial charge is 0.494 e. The first-order valence-electron chi connectivity index (χ1n) is 8.10. The third kappa shape index (κ3) is 2.69. The summed E-state index contributed by atoms with van der Waals surface area (Å²) in [5.74, 6) is 0.470. The van der Waals surface area contributed by atoms with E-state index in [9.17, 15) is 4.79 Å². The Morgan fingerprint density at radius 3 is 2.88 bits per heavy atom. The fourth-order valence-corrected chi connectivity index (χ4v) is 2.89. The molecule has 2 N–H and O–H groups in total. The quantitative estimate of drug-likeness (QED) is 0.593. The highest BCUT2D eigenvalue weighted by molar-refractivity contribution is 6.05. The van der Waals surface area contributed by atoms with Crippen LogP contribution >= 0.6 is 0 Å². The van der Waals surface area contributed by atoms with Crippen molar-refractivity contribution in [1.82, 2.24) is 20.0 Å². The van der Waals surface area contributed by atoms with Crippen molar-refractivity contribution >= 4 is 22.5 Å². The summed E-state index contributed by atoms with van der Waals surface area (Å²) in [4.78, 5) is 12.7. The number of rotatable bonds is 4. The third-order valence-corrected chi connectivity index (χ3v) is 4.27. The summed E-state index contributed by atoms with van der Waals surface area (Å²) in [6, 6.07) is 13.1.